The fourth-order valence-electron chi connectivity index (χ4n) is 6.24. The summed E-state index contributed by atoms with van der Waals surface area (Å²) in [4.78, 5) is 34.1. The molecule has 11 heteroatoms. The number of rotatable bonds is 5. The van der Waals surface area contributed by atoms with Crippen molar-refractivity contribution in [2.75, 3.05) is 30.0 Å². The Hall–Kier alpha value is -3.18. The van der Waals surface area contributed by atoms with Gasteiger partial charge in [-0.15, -0.1) is 0 Å². The summed E-state index contributed by atoms with van der Waals surface area (Å²) < 4.78 is 45.2. The van der Waals surface area contributed by atoms with Crippen molar-refractivity contribution < 1.29 is 32.6 Å². The lowest BCUT2D eigenvalue weighted by Gasteiger charge is -2.34. The maximum atomic E-state index is 13.5. The van der Waals surface area contributed by atoms with Crippen molar-refractivity contribution >= 4 is 23.2 Å². The van der Waals surface area contributed by atoms with E-state index in [-0.39, 0.29) is 42.3 Å². The van der Waals surface area contributed by atoms with E-state index < -0.39 is 17.8 Å². The van der Waals surface area contributed by atoms with E-state index in [0.29, 0.717) is 36.6 Å². The highest BCUT2D eigenvalue weighted by Crippen LogP contribution is 2.42. The average molecular weight is 531 g/mol. The minimum absolute atomic E-state index is 0.0493. The van der Waals surface area contributed by atoms with Gasteiger partial charge in [0, 0.05) is 31.3 Å². The number of carbonyl (C=O) groups excluding carboxylic acids is 2. The van der Waals surface area contributed by atoms with Gasteiger partial charge in [-0.05, 0) is 67.9 Å². The van der Waals surface area contributed by atoms with Crippen LogP contribution in [0.1, 0.15) is 64.2 Å². The first kappa shape index (κ1) is 25.1. The largest absolute Gasteiger partial charge is 0.433 e. The molecular weight excluding hydrogens is 501 g/mol. The number of morpholine rings is 1. The highest BCUT2D eigenvalue weighted by atomic mass is 19.4. The lowest BCUT2D eigenvalue weighted by atomic mass is 9.86. The van der Waals surface area contributed by atoms with Gasteiger partial charge in [0.05, 0.1) is 30.1 Å². The SMILES string of the molecule is O=C(Nc1cc2c(cc1N1C[C@@H]3C[C@H]1CO3)C(=O)N(C1CCC(CO)CC1)C2)c1cccc(C(F)(F)F)n1. The van der Waals surface area contributed by atoms with Crippen LogP contribution in [-0.2, 0) is 17.5 Å². The number of carbonyl (C=O) groups is 2. The number of halogens is 3. The number of fused-ring (bicyclic) bond motifs is 3. The molecule has 2 atom stereocenters. The summed E-state index contributed by atoms with van der Waals surface area (Å²) in [6.45, 7) is 1.72. The van der Waals surface area contributed by atoms with Crippen LogP contribution in [-0.4, -0.2) is 64.8 Å². The number of nitrogens with one attached hydrogen (secondary N) is 1. The Labute approximate surface area is 217 Å². The molecule has 1 saturated carbocycles. The number of benzene rings is 1. The number of aromatic nitrogens is 1. The van der Waals surface area contributed by atoms with Crippen molar-refractivity contribution in [3.8, 4) is 0 Å². The number of amides is 2. The Morgan fingerprint density at radius 1 is 1.13 bits per heavy atom. The topological polar surface area (TPSA) is 95.0 Å². The molecule has 8 nitrogen and oxygen atoms in total. The monoisotopic (exact) mass is 530 g/mol. The summed E-state index contributed by atoms with van der Waals surface area (Å²) in [7, 11) is 0. The van der Waals surface area contributed by atoms with Gasteiger partial charge >= 0.3 is 6.18 Å². The first-order chi connectivity index (χ1) is 18.2. The summed E-state index contributed by atoms with van der Waals surface area (Å²) >= 11 is 0. The molecule has 2 aromatic rings. The van der Waals surface area contributed by atoms with Gasteiger partial charge in [0.15, 0.2) is 0 Å². The van der Waals surface area contributed by atoms with Crippen molar-refractivity contribution in [3.63, 3.8) is 0 Å². The molecule has 6 rings (SSSR count). The van der Waals surface area contributed by atoms with E-state index in [1.54, 1.807) is 6.07 Å². The third-order valence-corrected chi connectivity index (χ3v) is 8.30. The van der Waals surface area contributed by atoms with Crippen molar-refractivity contribution in [1.82, 2.24) is 9.88 Å². The molecule has 1 aromatic carbocycles. The maximum absolute atomic E-state index is 13.5. The van der Waals surface area contributed by atoms with Crippen molar-refractivity contribution in [2.24, 2.45) is 5.92 Å². The molecule has 2 bridgehead atoms. The molecule has 2 saturated heterocycles. The zero-order valence-electron chi connectivity index (χ0n) is 20.7. The minimum atomic E-state index is -4.66. The number of ether oxygens (including phenoxy) is 1. The second-order valence-corrected chi connectivity index (χ2v) is 10.7. The Balaban J connectivity index is 1.30. The molecule has 0 spiro atoms. The summed E-state index contributed by atoms with van der Waals surface area (Å²) in [5, 5.41) is 12.3. The third-order valence-electron chi connectivity index (χ3n) is 8.30. The van der Waals surface area contributed by atoms with Crippen LogP contribution >= 0.6 is 0 Å². The minimum Gasteiger partial charge on any atom is -0.396 e. The van der Waals surface area contributed by atoms with Crippen molar-refractivity contribution in [2.45, 2.75) is 63.0 Å². The quantitative estimate of drug-likeness (QED) is 0.610. The number of anilines is 2. The second kappa shape index (κ2) is 9.53. The van der Waals surface area contributed by atoms with Crippen LogP contribution in [0.15, 0.2) is 30.3 Å². The van der Waals surface area contributed by atoms with Crippen LogP contribution in [0, 0.1) is 5.92 Å². The molecule has 3 fully saturated rings. The molecule has 2 amide bonds. The molecule has 1 aliphatic carbocycles. The Morgan fingerprint density at radius 3 is 2.58 bits per heavy atom. The third kappa shape index (κ3) is 4.51. The molecule has 0 radical (unpaired) electrons. The molecule has 0 unspecified atom stereocenters. The van der Waals surface area contributed by atoms with Gasteiger partial charge in [-0.25, -0.2) is 4.98 Å². The molecule has 202 valence electrons. The number of aliphatic hydroxyl groups is 1. The number of aliphatic hydroxyl groups excluding tert-OH is 1. The Kier molecular flexibility index (Phi) is 6.30. The summed E-state index contributed by atoms with van der Waals surface area (Å²) in [5.74, 6) is -0.523. The van der Waals surface area contributed by atoms with Crippen molar-refractivity contribution in [1.29, 1.82) is 0 Å². The fraction of sp³-hybridized carbons (Fsp3) is 0.519. The number of hydrogen-bond acceptors (Lipinski definition) is 6. The van der Waals surface area contributed by atoms with Crippen LogP contribution in [0.3, 0.4) is 0 Å². The molecule has 4 aliphatic rings. The van der Waals surface area contributed by atoms with Crippen molar-refractivity contribution in [3.05, 3.63) is 52.8 Å². The fourth-order valence-corrected chi connectivity index (χ4v) is 6.24. The zero-order chi connectivity index (χ0) is 26.6. The first-order valence-corrected chi connectivity index (χ1v) is 13.0. The van der Waals surface area contributed by atoms with E-state index in [1.165, 1.54) is 6.07 Å². The highest BCUT2D eigenvalue weighted by Gasteiger charge is 2.42. The van der Waals surface area contributed by atoms with Crippen LogP contribution in [0.5, 0.6) is 0 Å². The lowest BCUT2D eigenvalue weighted by molar-refractivity contribution is -0.141. The second-order valence-electron chi connectivity index (χ2n) is 10.7. The van der Waals surface area contributed by atoms with Gasteiger partial charge in [0.1, 0.15) is 11.4 Å². The summed E-state index contributed by atoms with van der Waals surface area (Å²) in [5.41, 5.74) is 0.999. The van der Waals surface area contributed by atoms with Crippen LogP contribution in [0.4, 0.5) is 24.5 Å². The molecule has 2 N–H and O–H groups in total. The van der Waals surface area contributed by atoms with Crippen LogP contribution < -0.4 is 10.2 Å². The predicted octanol–water partition coefficient (Wildman–Crippen LogP) is 3.84. The van der Waals surface area contributed by atoms with Crippen LogP contribution in [0.25, 0.3) is 0 Å². The molecule has 4 heterocycles. The Bertz CT molecular complexity index is 1260. The van der Waals surface area contributed by atoms with E-state index in [4.69, 9.17) is 4.74 Å². The van der Waals surface area contributed by atoms with E-state index in [1.807, 2.05) is 11.0 Å². The van der Waals surface area contributed by atoms with Gasteiger partial charge in [0.25, 0.3) is 11.8 Å². The van der Waals surface area contributed by atoms with Gasteiger partial charge < -0.3 is 25.0 Å². The summed E-state index contributed by atoms with van der Waals surface area (Å²) in [6.07, 6.45) is -0.358. The van der Waals surface area contributed by atoms with E-state index >= 15 is 0 Å². The average Bonchev–Trinajstić information content (AvgIpc) is 3.63. The number of nitrogens with zero attached hydrogens (tertiary/aromatic N) is 3. The smallest absolute Gasteiger partial charge is 0.396 e. The number of alkyl halides is 3. The molecule has 1 aromatic heterocycles. The summed E-state index contributed by atoms with van der Waals surface area (Å²) in [6, 6.07) is 7.01. The number of hydrogen-bond donors (Lipinski definition) is 2. The highest BCUT2D eigenvalue weighted by molar-refractivity contribution is 6.07. The first-order valence-electron chi connectivity index (χ1n) is 13.0. The molecule has 3 aliphatic heterocycles. The van der Waals surface area contributed by atoms with Gasteiger partial charge in [0.2, 0.25) is 0 Å². The van der Waals surface area contributed by atoms with Crippen LogP contribution in [0.2, 0.25) is 0 Å². The molecular formula is C27H29F3N4O4. The lowest BCUT2D eigenvalue weighted by Crippen LogP contribution is -2.39. The van der Waals surface area contributed by atoms with E-state index in [0.717, 1.165) is 49.8 Å². The zero-order valence-corrected chi connectivity index (χ0v) is 20.7. The maximum Gasteiger partial charge on any atom is 0.433 e. The molecule has 38 heavy (non-hydrogen) atoms. The van der Waals surface area contributed by atoms with E-state index in [9.17, 15) is 27.9 Å². The van der Waals surface area contributed by atoms with Gasteiger partial charge in [-0.1, -0.05) is 6.07 Å². The number of pyridine rings is 1. The standard InChI is InChI=1S/C27H29F3N4O4/c28-27(29,30)24-3-1-2-21(31-24)25(36)32-22-8-16-11-34(17-6-4-15(13-35)5-7-17)26(37)20(16)10-23(22)33-12-19-9-18(33)14-38-19/h1-3,8,10,15,17-19,35H,4-7,9,11-14H2,(H,32,36)/t15?,17?,18-,19-/m0/s1. The normalized spacial score (nSPS) is 26.7. The predicted molar refractivity (Wildman–Crippen MR) is 132 cm³/mol. The Morgan fingerprint density at radius 2 is 1.92 bits per heavy atom. The van der Waals surface area contributed by atoms with Gasteiger partial charge in [-0.2, -0.15) is 13.2 Å². The van der Waals surface area contributed by atoms with E-state index in [2.05, 4.69) is 15.2 Å². The van der Waals surface area contributed by atoms with Gasteiger partial charge in [-0.3, -0.25) is 9.59 Å².